The van der Waals surface area contributed by atoms with Crippen molar-refractivity contribution in [2.24, 2.45) is 5.41 Å². The molecular weight excluding hydrogens is 172 g/mol. The van der Waals surface area contributed by atoms with Gasteiger partial charge in [-0.3, -0.25) is 0 Å². The van der Waals surface area contributed by atoms with E-state index in [0.717, 1.165) is 0 Å². The quantitative estimate of drug-likeness (QED) is 0.572. The molecule has 0 aromatic rings. The van der Waals surface area contributed by atoms with Crippen molar-refractivity contribution in [1.29, 1.82) is 0 Å². The topological polar surface area (TPSA) is 9.23 Å². The summed E-state index contributed by atoms with van der Waals surface area (Å²) in [6, 6.07) is 0. The van der Waals surface area contributed by atoms with E-state index in [4.69, 9.17) is 4.74 Å². The molecular formula is C13H23O. The van der Waals surface area contributed by atoms with Crippen LogP contribution in [-0.4, -0.2) is 11.7 Å². The Labute approximate surface area is 88.2 Å². The summed E-state index contributed by atoms with van der Waals surface area (Å²) in [5.74, 6) is 1.60. The minimum atomic E-state index is 0.116. The van der Waals surface area contributed by atoms with E-state index >= 15 is 0 Å². The standard InChI is InChI=1S/C13H23O/c1-10-6-5-8-12(3,4)13(10)9-7-11(2)14-13/h11H,5-9H2,1-4H3. The maximum atomic E-state index is 6.28. The molecule has 2 unspecified atom stereocenters. The Kier molecular flexibility index (Phi) is 2.42. The van der Waals surface area contributed by atoms with Gasteiger partial charge in [0.1, 0.15) is 0 Å². The highest BCUT2D eigenvalue weighted by atomic mass is 16.5. The lowest BCUT2D eigenvalue weighted by molar-refractivity contribution is -0.116. The highest BCUT2D eigenvalue weighted by Gasteiger charge is 2.55. The molecule has 1 aliphatic carbocycles. The summed E-state index contributed by atoms with van der Waals surface area (Å²) >= 11 is 0. The van der Waals surface area contributed by atoms with E-state index in [1.165, 1.54) is 32.1 Å². The van der Waals surface area contributed by atoms with Gasteiger partial charge in [-0.15, -0.1) is 0 Å². The van der Waals surface area contributed by atoms with Gasteiger partial charge in [-0.25, -0.2) is 0 Å². The van der Waals surface area contributed by atoms with Gasteiger partial charge >= 0.3 is 0 Å². The second-order valence-corrected chi connectivity index (χ2v) is 5.81. The Morgan fingerprint density at radius 1 is 1.29 bits per heavy atom. The Morgan fingerprint density at radius 2 is 2.00 bits per heavy atom. The van der Waals surface area contributed by atoms with Gasteiger partial charge in [-0.05, 0) is 38.0 Å². The summed E-state index contributed by atoms with van der Waals surface area (Å²) in [7, 11) is 0. The molecule has 2 fully saturated rings. The van der Waals surface area contributed by atoms with Gasteiger partial charge < -0.3 is 4.74 Å². The third kappa shape index (κ3) is 1.32. The first-order valence-electron chi connectivity index (χ1n) is 5.99. The van der Waals surface area contributed by atoms with E-state index < -0.39 is 0 Å². The summed E-state index contributed by atoms with van der Waals surface area (Å²) in [5.41, 5.74) is 0.463. The van der Waals surface area contributed by atoms with Crippen molar-refractivity contribution < 1.29 is 4.74 Å². The van der Waals surface area contributed by atoms with Crippen LogP contribution in [-0.2, 0) is 4.74 Å². The van der Waals surface area contributed by atoms with Crippen molar-refractivity contribution in [2.75, 3.05) is 0 Å². The van der Waals surface area contributed by atoms with Crippen molar-refractivity contribution in [3.05, 3.63) is 5.92 Å². The summed E-state index contributed by atoms with van der Waals surface area (Å²) in [5, 5.41) is 0. The van der Waals surface area contributed by atoms with Crippen LogP contribution in [0.4, 0.5) is 0 Å². The highest BCUT2D eigenvalue weighted by Crippen LogP contribution is 2.56. The number of hydrogen-bond acceptors (Lipinski definition) is 1. The van der Waals surface area contributed by atoms with Gasteiger partial charge in [-0.1, -0.05) is 27.2 Å². The third-order valence-electron chi connectivity index (χ3n) is 4.44. The molecule has 1 saturated carbocycles. The second kappa shape index (κ2) is 3.23. The average Bonchev–Trinajstić information content (AvgIpc) is 2.46. The lowest BCUT2D eigenvalue weighted by atomic mass is 9.60. The molecule has 1 radical (unpaired) electrons. The second-order valence-electron chi connectivity index (χ2n) is 5.81. The molecule has 1 heteroatoms. The monoisotopic (exact) mass is 195 g/mol. The zero-order chi connectivity index (χ0) is 10.4. The maximum absolute atomic E-state index is 6.28. The van der Waals surface area contributed by atoms with Gasteiger partial charge in [0.2, 0.25) is 0 Å². The van der Waals surface area contributed by atoms with Crippen LogP contribution in [0.3, 0.4) is 0 Å². The van der Waals surface area contributed by atoms with Crippen molar-refractivity contribution in [1.82, 2.24) is 0 Å². The molecule has 1 saturated heterocycles. The molecule has 0 N–H and O–H groups in total. The first kappa shape index (κ1) is 10.5. The van der Waals surface area contributed by atoms with Crippen molar-refractivity contribution in [3.8, 4) is 0 Å². The number of ether oxygens (including phenoxy) is 1. The number of rotatable bonds is 0. The predicted octanol–water partition coefficient (Wildman–Crippen LogP) is 3.73. The molecule has 81 valence electrons. The minimum Gasteiger partial charge on any atom is -0.371 e. The van der Waals surface area contributed by atoms with Gasteiger partial charge in [0.15, 0.2) is 0 Å². The summed E-state index contributed by atoms with van der Waals surface area (Å²) in [4.78, 5) is 0. The Morgan fingerprint density at radius 3 is 2.50 bits per heavy atom. The zero-order valence-electron chi connectivity index (χ0n) is 10.0. The Balaban J connectivity index is 2.27. The molecule has 0 amide bonds. The van der Waals surface area contributed by atoms with Crippen LogP contribution in [0.5, 0.6) is 0 Å². The van der Waals surface area contributed by atoms with Crippen LogP contribution in [0.2, 0.25) is 0 Å². The van der Waals surface area contributed by atoms with Crippen LogP contribution in [0.15, 0.2) is 0 Å². The lowest BCUT2D eigenvalue weighted by Crippen LogP contribution is -2.51. The van der Waals surface area contributed by atoms with Crippen LogP contribution in [0.25, 0.3) is 0 Å². The molecule has 1 spiro atoms. The van der Waals surface area contributed by atoms with Gasteiger partial charge in [0, 0.05) is 5.92 Å². The normalized spacial score (nSPS) is 43.3. The molecule has 0 bridgehead atoms. The van der Waals surface area contributed by atoms with Gasteiger partial charge in [0.05, 0.1) is 11.7 Å². The molecule has 2 atom stereocenters. The summed E-state index contributed by atoms with van der Waals surface area (Å²) in [6.45, 7) is 9.28. The maximum Gasteiger partial charge on any atom is 0.0797 e. The van der Waals surface area contributed by atoms with Crippen LogP contribution >= 0.6 is 0 Å². The minimum absolute atomic E-state index is 0.116. The molecule has 14 heavy (non-hydrogen) atoms. The molecule has 2 aliphatic rings. The Bertz CT molecular complexity index is 221. The van der Waals surface area contributed by atoms with Crippen molar-refractivity contribution >= 4 is 0 Å². The van der Waals surface area contributed by atoms with E-state index in [-0.39, 0.29) is 5.60 Å². The van der Waals surface area contributed by atoms with E-state index in [9.17, 15) is 0 Å². The van der Waals surface area contributed by atoms with Crippen molar-refractivity contribution in [2.45, 2.75) is 71.5 Å². The van der Waals surface area contributed by atoms with Crippen LogP contribution < -0.4 is 0 Å². The molecule has 0 aromatic carbocycles. The highest BCUT2D eigenvalue weighted by molar-refractivity contribution is 5.18. The van der Waals surface area contributed by atoms with Gasteiger partial charge in [0.25, 0.3) is 0 Å². The van der Waals surface area contributed by atoms with Crippen LogP contribution in [0, 0.1) is 11.3 Å². The fourth-order valence-electron chi connectivity index (χ4n) is 3.46. The van der Waals surface area contributed by atoms with Crippen molar-refractivity contribution in [3.63, 3.8) is 0 Å². The summed E-state index contributed by atoms with van der Waals surface area (Å²) < 4.78 is 6.28. The van der Waals surface area contributed by atoms with E-state index in [0.29, 0.717) is 11.5 Å². The van der Waals surface area contributed by atoms with Crippen LogP contribution in [0.1, 0.15) is 59.8 Å². The SMILES string of the molecule is C[C]1CCCC(C)(C)C12CCC(C)O2. The predicted molar refractivity (Wildman–Crippen MR) is 59.1 cm³/mol. The average molecular weight is 195 g/mol. The van der Waals surface area contributed by atoms with Gasteiger partial charge in [-0.2, -0.15) is 0 Å². The molecule has 1 heterocycles. The Hall–Kier alpha value is -0.0400. The fourth-order valence-corrected chi connectivity index (χ4v) is 3.46. The largest absolute Gasteiger partial charge is 0.371 e. The molecule has 1 nitrogen and oxygen atoms in total. The first-order valence-corrected chi connectivity index (χ1v) is 5.99. The zero-order valence-corrected chi connectivity index (χ0v) is 10.0. The fraction of sp³-hybridized carbons (Fsp3) is 0.923. The smallest absolute Gasteiger partial charge is 0.0797 e. The molecule has 2 rings (SSSR count). The summed E-state index contributed by atoms with van der Waals surface area (Å²) in [6.07, 6.45) is 6.88. The first-order chi connectivity index (χ1) is 6.48. The number of hydrogen-bond donors (Lipinski definition) is 0. The third-order valence-corrected chi connectivity index (χ3v) is 4.44. The molecule has 0 aromatic heterocycles. The lowest BCUT2D eigenvalue weighted by Gasteiger charge is -2.51. The molecule has 1 aliphatic heterocycles. The van der Waals surface area contributed by atoms with E-state index in [1.807, 2.05) is 0 Å². The van der Waals surface area contributed by atoms with E-state index in [1.54, 1.807) is 5.92 Å². The van der Waals surface area contributed by atoms with E-state index in [2.05, 4.69) is 27.7 Å².